The number of benzene rings is 1. The molecular weight excluding hydrogens is 202 g/mol. The van der Waals surface area contributed by atoms with E-state index in [4.69, 9.17) is 4.74 Å². The summed E-state index contributed by atoms with van der Waals surface area (Å²) < 4.78 is 5.00. The summed E-state index contributed by atoms with van der Waals surface area (Å²) >= 11 is 0. The van der Waals surface area contributed by atoms with Crippen molar-refractivity contribution in [2.75, 3.05) is 13.7 Å². The molecule has 86 valence electrons. The molecule has 0 atom stereocenters. The van der Waals surface area contributed by atoms with Gasteiger partial charge in [0, 0.05) is 19.2 Å². The third-order valence-electron chi connectivity index (χ3n) is 2.16. The first-order valence-corrected chi connectivity index (χ1v) is 5.25. The SMILES string of the molecule is C=CCCNC(=O)c1ccc(COC)cc1. The molecule has 1 amide bonds. The molecule has 3 heteroatoms. The van der Waals surface area contributed by atoms with Crippen LogP contribution in [0.5, 0.6) is 0 Å². The van der Waals surface area contributed by atoms with Crippen molar-refractivity contribution in [1.82, 2.24) is 5.32 Å². The van der Waals surface area contributed by atoms with Gasteiger partial charge in [0.1, 0.15) is 0 Å². The van der Waals surface area contributed by atoms with Gasteiger partial charge in [0.25, 0.3) is 5.91 Å². The Labute approximate surface area is 96.1 Å². The zero-order valence-electron chi connectivity index (χ0n) is 9.53. The van der Waals surface area contributed by atoms with E-state index in [1.54, 1.807) is 25.3 Å². The molecule has 0 unspecified atom stereocenters. The molecule has 1 aromatic carbocycles. The largest absolute Gasteiger partial charge is 0.380 e. The number of hydrogen-bond donors (Lipinski definition) is 1. The predicted octanol–water partition coefficient (Wildman–Crippen LogP) is 2.14. The summed E-state index contributed by atoms with van der Waals surface area (Å²) in [6.07, 6.45) is 2.56. The first-order valence-electron chi connectivity index (χ1n) is 5.25. The zero-order chi connectivity index (χ0) is 11.8. The summed E-state index contributed by atoms with van der Waals surface area (Å²) in [6.45, 7) is 4.79. The summed E-state index contributed by atoms with van der Waals surface area (Å²) in [5.74, 6) is -0.0502. The molecule has 1 aromatic rings. The minimum atomic E-state index is -0.0502. The average Bonchev–Trinajstić information content (AvgIpc) is 2.30. The van der Waals surface area contributed by atoms with Crippen LogP contribution in [0, 0.1) is 0 Å². The Morgan fingerprint density at radius 3 is 2.69 bits per heavy atom. The highest BCUT2D eigenvalue weighted by Crippen LogP contribution is 2.05. The van der Waals surface area contributed by atoms with Crippen molar-refractivity contribution in [3.63, 3.8) is 0 Å². The number of rotatable bonds is 6. The molecule has 0 bridgehead atoms. The molecule has 0 fully saturated rings. The van der Waals surface area contributed by atoms with E-state index < -0.39 is 0 Å². The molecule has 3 nitrogen and oxygen atoms in total. The van der Waals surface area contributed by atoms with E-state index in [0.717, 1.165) is 12.0 Å². The fourth-order valence-corrected chi connectivity index (χ4v) is 1.31. The van der Waals surface area contributed by atoms with Crippen LogP contribution in [-0.4, -0.2) is 19.6 Å². The predicted molar refractivity (Wildman–Crippen MR) is 64.3 cm³/mol. The lowest BCUT2D eigenvalue weighted by Gasteiger charge is -2.04. The summed E-state index contributed by atoms with van der Waals surface area (Å²) in [6, 6.07) is 7.40. The molecule has 16 heavy (non-hydrogen) atoms. The molecule has 0 saturated carbocycles. The van der Waals surface area contributed by atoms with Crippen molar-refractivity contribution in [3.05, 3.63) is 48.0 Å². The van der Waals surface area contributed by atoms with Crippen LogP contribution in [0.3, 0.4) is 0 Å². The Morgan fingerprint density at radius 1 is 1.44 bits per heavy atom. The lowest BCUT2D eigenvalue weighted by molar-refractivity contribution is 0.0954. The van der Waals surface area contributed by atoms with Gasteiger partial charge in [-0.15, -0.1) is 6.58 Å². The summed E-state index contributed by atoms with van der Waals surface area (Å²) in [5, 5.41) is 2.81. The van der Waals surface area contributed by atoms with E-state index in [0.29, 0.717) is 18.7 Å². The van der Waals surface area contributed by atoms with Gasteiger partial charge in [0.05, 0.1) is 6.61 Å². The first-order chi connectivity index (χ1) is 7.77. The van der Waals surface area contributed by atoms with Crippen molar-refractivity contribution in [2.24, 2.45) is 0 Å². The minimum Gasteiger partial charge on any atom is -0.380 e. The van der Waals surface area contributed by atoms with Crippen LogP contribution in [0.25, 0.3) is 0 Å². The Kier molecular flexibility index (Phi) is 5.29. The summed E-state index contributed by atoms with van der Waals surface area (Å²) in [5.41, 5.74) is 1.73. The van der Waals surface area contributed by atoms with E-state index >= 15 is 0 Å². The average molecular weight is 219 g/mol. The second-order valence-corrected chi connectivity index (χ2v) is 3.46. The van der Waals surface area contributed by atoms with Crippen LogP contribution in [0.1, 0.15) is 22.3 Å². The van der Waals surface area contributed by atoms with Crippen LogP contribution in [0.4, 0.5) is 0 Å². The monoisotopic (exact) mass is 219 g/mol. The maximum Gasteiger partial charge on any atom is 0.251 e. The second-order valence-electron chi connectivity index (χ2n) is 3.46. The Morgan fingerprint density at radius 2 is 2.12 bits per heavy atom. The number of amides is 1. The molecule has 0 saturated heterocycles. The number of carbonyl (C=O) groups is 1. The van der Waals surface area contributed by atoms with Gasteiger partial charge in [-0.1, -0.05) is 18.2 Å². The quantitative estimate of drug-likeness (QED) is 0.588. The van der Waals surface area contributed by atoms with Crippen LogP contribution in [0.15, 0.2) is 36.9 Å². The summed E-state index contributed by atoms with van der Waals surface area (Å²) in [7, 11) is 1.65. The van der Waals surface area contributed by atoms with Gasteiger partial charge >= 0.3 is 0 Å². The molecule has 1 N–H and O–H groups in total. The van der Waals surface area contributed by atoms with E-state index in [2.05, 4.69) is 11.9 Å². The second kappa shape index (κ2) is 6.80. The fourth-order valence-electron chi connectivity index (χ4n) is 1.31. The van der Waals surface area contributed by atoms with Crippen molar-refractivity contribution in [1.29, 1.82) is 0 Å². The van der Waals surface area contributed by atoms with Gasteiger partial charge in [-0.25, -0.2) is 0 Å². The molecular formula is C13H17NO2. The van der Waals surface area contributed by atoms with Gasteiger partial charge in [0.2, 0.25) is 0 Å². The van der Waals surface area contributed by atoms with E-state index in [1.165, 1.54) is 0 Å². The van der Waals surface area contributed by atoms with Crippen LogP contribution in [-0.2, 0) is 11.3 Å². The van der Waals surface area contributed by atoms with Crippen LogP contribution >= 0.6 is 0 Å². The normalized spacial score (nSPS) is 9.81. The Bertz CT molecular complexity index is 343. The molecule has 0 aliphatic heterocycles. The highest BCUT2D eigenvalue weighted by molar-refractivity contribution is 5.94. The molecule has 0 aliphatic rings. The van der Waals surface area contributed by atoms with Crippen molar-refractivity contribution in [2.45, 2.75) is 13.0 Å². The highest BCUT2D eigenvalue weighted by atomic mass is 16.5. The summed E-state index contributed by atoms with van der Waals surface area (Å²) in [4.78, 5) is 11.6. The van der Waals surface area contributed by atoms with Crippen molar-refractivity contribution < 1.29 is 9.53 Å². The van der Waals surface area contributed by atoms with E-state index in [-0.39, 0.29) is 5.91 Å². The number of carbonyl (C=O) groups excluding carboxylic acids is 1. The lowest BCUT2D eigenvalue weighted by atomic mass is 10.1. The highest BCUT2D eigenvalue weighted by Gasteiger charge is 2.03. The molecule has 0 radical (unpaired) electrons. The number of ether oxygens (including phenoxy) is 1. The van der Waals surface area contributed by atoms with E-state index in [9.17, 15) is 4.79 Å². The third kappa shape index (κ3) is 3.87. The Hall–Kier alpha value is -1.61. The fraction of sp³-hybridized carbons (Fsp3) is 0.308. The smallest absolute Gasteiger partial charge is 0.251 e. The van der Waals surface area contributed by atoms with Gasteiger partial charge in [-0.05, 0) is 24.1 Å². The van der Waals surface area contributed by atoms with Crippen molar-refractivity contribution >= 4 is 5.91 Å². The van der Waals surface area contributed by atoms with E-state index in [1.807, 2.05) is 12.1 Å². The standard InChI is InChI=1S/C13H17NO2/c1-3-4-9-14-13(15)12-7-5-11(6-8-12)10-16-2/h3,5-8H,1,4,9-10H2,2H3,(H,14,15). The Balaban J connectivity index is 2.52. The molecule has 0 spiro atoms. The number of nitrogens with one attached hydrogen (secondary N) is 1. The van der Waals surface area contributed by atoms with Gasteiger partial charge in [0.15, 0.2) is 0 Å². The third-order valence-corrected chi connectivity index (χ3v) is 2.16. The van der Waals surface area contributed by atoms with Gasteiger partial charge < -0.3 is 10.1 Å². The topological polar surface area (TPSA) is 38.3 Å². The molecule has 0 aromatic heterocycles. The van der Waals surface area contributed by atoms with Gasteiger partial charge in [-0.2, -0.15) is 0 Å². The maximum atomic E-state index is 11.6. The van der Waals surface area contributed by atoms with Crippen molar-refractivity contribution in [3.8, 4) is 0 Å². The lowest BCUT2D eigenvalue weighted by Crippen LogP contribution is -2.23. The van der Waals surface area contributed by atoms with Crippen LogP contribution < -0.4 is 5.32 Å². The molecule has 1 rings (SSSR count). The zero-order valence-corrected chi connectivity index (χ0v) is 9.53. The first kappa shape index (κ1) is 12.5. The van der Waals surface area contributed by atoms with Crippen LogP contribution in [0.2, 0.25) is 0 Å². The number of methoxy groups -OCH3 is 1. The minimum absolute atomic E-state index is 0.0502. The molecule has 0 heterocycles. The maximum absolute atomic E-state index is 11.6. The molecule has 0 aliphatic carbocycles. The number of hydrogen-bond acceptors (Lipinski definition) is 2. The van der Waals surface area contributed by atoms with Gasteiger partial charge in [-0.3, -0.25) is 4.79 Å².